The molecule has 0 aromatic heterocycles. The topological polar surface area (TPSA) is 81.6 Å². The molecule has 0 radical (unpaired) electrons. The molecule has 1 amide bonds. The number of nitrogen functional groups attached to an aromatic ring is 1. The van der Waals surface area contributed by atoms with Gasteiger partial charge in [0.05, 0.1) is 24.6 Å². The lowest BCUT2D eigenvalue weighted by Crippen LogP contribution is -2.44. The summed E-state index contributed by atoms with van der Waals surface area (Å²) >= 11 is 0. The van der Waals surface area contributed by atoms with Crippen molar-refractivity contribution < 1.29 is 9.53 Å². The maximum absolute atomic E-state index is 11.2. The molecule has 17 heavy (non-hydrogen) atoms. The smallest absolute Gasteiger partial charge is 0.248 e. The van der Waals surface area contributed by atoms with Crippen LogP contribution in [0.15, 0.2) is 18.2 Å². The molecule has 0 saturated carbocycles. The first-order chi connectivity index (χ1) is 8.09. The van der Waals surface area contributed by atoms with Gasteiger partial charge in [-0.05, 0) is 25.1 Å². The van der Waals surface area contributed by atoms with Crippen LogP contribution in [0.1, 0.15) is 17.3 Å². The quantitative estimate of drug-likeness (QED) is 0.735. The normalized spacial score (nSPS) is 20.3. The molecule has 92 valence electrons. The molecule has 1 unspecified atom stereocenters. The minimum atomic E-state index is -0.438. The van der Waals surface area contributed by atoms with Crippen molar-refractivity contribution in [3.05, 3.63) is 23.8 Å². The Bertz CT molecular complexity index is 434. The fraction of sp³-hybridized carbons (Fsp3) is 0.417. The van der Waals surface area contributed by atoms with E-state index in [-0.39, 0.29) is 6.04 Å². The molecule has 1 aliphatic heterocycles. The molecular formula is C12H17N3O2. The zero-order valence-electron chi connectivity index (χ0n) is 9.85. The molecule has 1 aromatic carbocycles. The fourth-order valence-electron chi connectivity index (χ4n) is 2.03. The highest BCUT2D eigenvalue weighted by atomic mass is 16.5. The highest BCUT2D eigenvalue weighted by Crippen LogP contribution is 2.27. The zero-order chi connectivity index (χ0) is 12.4. The third-order valence-corrected chi connectivity index (χ3v) is 2.99. The molecule has 1 atom stereocenters. The minimum Gasteiger partial charge on any atom is -0.397 e. The van der Waals surface area contributed by atoms with Crippen LogP contribution in [-0.2, 0) is 4.74 Å². The van der Waals surface area contributed by atoms with E-state index < -0.39 is 5.91 Å². The van der Waals surface area contributed by atoms with Crippen molar-refractivity contribution in [2.75, 3.05) is 30.4 Å². The lowest BCUT2D eigenvalue weighted by atomic mass is 10.1. The van der Waals surface area contributed by atoms with Crippen LogP contribution in [0.3, 0.4) is 0 Å². The van der Waals surface area contributed by atoms with Gasteiger partial charge in [-0.25, -0.2) is 0 Å². The number of anilines is 2. The third kappa shape index (κ3) is 2.34. The number of carbonyl (C=O) groups excluding carboxylic acids is 1. The van der Waals surface area contributed by atoms with Crippen molar-refractivity contribution in [3.63, 3.8) is 0 Å². The molecular weight excluding hydrogens is 218 g/mol. The summed E-state index contributed by atoms with van der Waals surface area (Å²) in [5.74, 6) is -0.438. The van der Waals surface area contributed by atoms with Crippen LogP contribution >= 0.6 is 0 Å². The molecule has 2 rings (SSSR count). The van der Waals surface area contributed by atoms with Gasteiger partial charge in [-0.3, -0.25) is 4.79 Å². The maximum atomic E-state index is 11.2. The molecule has 1 saturated heterocycles. The van der Waals surface area contributed by atoms with Crippen LogP contribution < -0.4 is 16.4 Å². The van der Waals surface area contributed by atoms with Crippen molar-refractivity contribution >= 4 is 17.3 Å². The van der Waals surface area contributed by atoms with E-state index in [1.807, 2.05) is 0 Å². The molecule has 0 bridgehead atoms. The average Bonchev–Trinajstić information content (AvgIpc) is 2.30. The van der Waals surface area contributed by atoms with Crippen LogP contribution in [-0.4, -0.2) is 31.7 Å². The second kappa shape index (κ2) is 4.63. The van der Waals surface area contributed by atoms with Gasteiger partial charge >= 0.3 is 0 Å². The van der Waals surface area contributed by atoms with Gasteiger partial charge in [-0.15, -0.1) is 0 Å². The number of carbonyl (C=O) groups is 1. The van der Waals surface area contributed by atoms with E-state index in [1.165, 1.54) is 0 Å². The second-order valence-corrected chi connectivity index (χ2v) is 4.26. The first kappa shape index (κ1) is 11.7. The summed E-state index contributed by atoms with van der Waals surface area (Å²) in [5, 5.41) is 0. The number of amides is 1. The lowest BCUT2D eigenvalue weighted by Gasteiger charge is -2.36. The summed E-state index contributed by atoms with van der Waals surface area (Å²) in [6.07, 6.45) is 0. The van der Waals surface area contributed by atoms with E-state index in [9.17, 15) is 4.79 Å². The van der Waals surface area contributed by atoms with Gasteiger partial charge in [0.25, 0.3) is 0 Å². The van der Waals surface area contributed by atoms with Crippen molar-refractivity contribution in [2.45, 2.75) is 13.0 Å². The Kier molecular flexibility index (Phi) is 3.19. The van der Waals surface area contributed by atoms with Crippen LogP contribution in [0, 0.1) is 0 Å². The summed E-state index contributed by atoms with van der Waals surface area (Å²) in [6, 6.07) is 5.36. The minimum absolute atomic E-state index is 0.245. The predicted molar refractivity (Wildman–Crippen MR) is 67.0 cm³/mol. The van der Waals surface area contributed by atoms with Gasteiger partial charge in [-0.2, -0.15) is 0 Å². The molecule has 0 aliphatic carbocycles. The predicted octanol–water partition coefficient (Wildman–Crippen LogP) is 0.593. The highest BCUT2D eigenvalue weighted by Gasteiger charge is 2.21. The van der Waals surface area contributed by atoms with Crippen LogP contribution in [0.4, 0.5) is 11.4 Å². The number of hydrogen-bond donors (Lipinski definition) is 2. The highest BCUT2D eigenvalue weighted by molar-refractivity contribution is 5.95. The van der Waals surface area contributed by atoms with Gasteiger partial charge in [0, 0.05) is 18.2 Å². The Morgan fingerprint density at radius 2 is 2.29 bits per heavy atom. The van der Waals surface area contributed by atoms with Gasteiger partial charge in [0.1, 0.15) is 0 Å². The number of rotatable bonds is 2. The first-order valence-electron chi connectivity index (χ1n) is 5.63. The molecule has 1 fully saturated rings. The van der Waals surface area contributed by atoms with Crippen LogP contribution in [0.2, 0.25) is 0 Å². The summed E-state index contributed by atoms with van der Waals surface area (Å²) in [6.45, 7) is 4.17. The fourth-order valence-corrected chi connectivity index (χ4v) is 2.03. The van der Waals surface area contributed by atoms with E-state index in [2.05, 4.69) is 11.8 Å². The first-order valence-corrected chi connectivity index (χ1v) is 5.63. The van der Waals surface area contributed by atoms with Gasteiger partial charge < -0.3 is 21.1 Å². The average molecular weight is 235 g/mol. The Balaban J connectivity index is 2.35. The molecule has 5 nitrogen and oxygen atoms in total. The van der Waals surface area contributed by atoms with Gasteiger partial charge in [-0.1, -0.05) is 0 Å². The summed E-state index contributed by atoms with van der Waals surface area (Å²) < 4.78 is 5.38. The van der Waals surface area contributed by atoms with E-state index in [0.717, 1.165) is 12.2 Å². The lowest BCUT2D eigenvalue weighted by molar-refractivity contribution is 0.0988. The molecule has 0 spiro atoms. The largest absolute Gasteiger partial charge is 0.397 e. The molecule has 4 N–H and O–H groups in total. The number of ether oxygens (including phenoxy) is 1. The van der Waals surface area contributed by atoms with Crippen molar-refractivity contribution in [1.82, 2.24) is 0 Å². The Morgan fingerprint density at radius 1 is 1.53 bits per heavy atom. The van der Waals surface area contributed by atoms with E-state index in [1.54, 1.807) is 18.2 Å². The summed E-state index contributed by atoms with van der Waals surface area (Å²) in [4.78, 5) is 13.3. The van der Waals surface area contributed by atoms with Gasteiger partial charge in [0.2, 0.25) is 5.91 Å². The molecule has 1 heterocycles. The Hall–Kier alpha value is -1.75. The van der Waals surface area contributed by atoms with E-state index in [4.69, 9.17) is 16.2 Å². The van der Waals surface area contributed by atoms with Crippen molar-refractivity contribution in [3.8, 4) is 0 Å². The molecule has 5 heteroatoms. The van der Waals surface area contributed by atoms with E-state index >= 15 is 0 Å². The number of nitrogens with zero attached hydrogens (tertiary/aromatic N) is 1. The summed E-state index contributed by atoms with van der Waals surface area (Å²) in [5.41, 5.74) is 13.2. The monoisotopic (exact) mass is 235 g/mol. The van der Waals surface area contributed by atoms with Crippen molar-refractivity contribution in [2.24, 2.45) is 5.73 Å². The number of morpholine rings is 1. The van der Waals surface area contributed by atoms with Gasteiger partial charge in [0.15, 0.2) is 0 Å². The third-order valence-electron chi connectivity index (χ3n) is 2.99. The molecule has 1 aromatic rings. The number of benzene rings is 1. The zero-order valence-corrected chi connectivity index (χ0v) is 9.85. The number of primary amides is 1. The number of hydrogen-bond acceptors (Lipinski definition) is 4. The Morgan fingerprint density at radius 3 is 2.94 bits per heavy atom. The summed E-state index contributed by atoms with van der Waals surface area (Å²) in [7, 11) is 0. The van der Waals surface area contributed by atoms with Crippen molar-refractivity contribution in [1.29, 1.82) is 0 Å². The second-order valence-electron chi connectivity index (χ2n) is 4.26. The van der Waals surface area contributed by atoms with E-state index in [0.29, 0.717) is 24.5 Å². The maximum Gasteiger partial charge on any atom is 0.248 e. The van der Waals surface area contributed by atoms with Crippen LogP contribution in [0.5, 0.6) is 0 Å². The SMILES string of the molecule is CC1COCCN1c1cc(C(N)=O)ccc1N. The standard InChI is InChI=1S/C12H17N3O2/c1-8-7-17-5-4-15(8)11-6-9(12(14)16)2-3-10(11)13/h2-3,6,8H,4-5,7,13H2,1H3,(H2,14,16). The number of nitrogens with two attached hydrogens (primary N) is 2. The molecule has 1 aliphatic rings. The Labute approximate surface area is 100 Å². The van der Waals surface area contributed by atoms with Crippen LogP contribution in [0.25, 0.3) is 0 Å².